The summed E-state index contributed by atoms with van der Waals surface area (Å²) >= 11 is 0. The molecular weight excluding hydrogens is 280 g/mol. The van der Waals surface area contributed by atoms with E-state index in [1.807, 2.05) is 50.2 Å². The Hall–Kier alpha value is -2.37. The quantitative estimate of drug-likeness (QED) is 0.886. The Balaban J connectivity index is 1.96. The van der Waals surface area contributed by atoms with Crippen molar-refractivity contribution in [2.75, 3.05) is 19.0 Å². The van der Waals surface area contributed by atoms with Crippen LogP contribution in [0.4, 0.5) is 5.69 Å². The second kappa shape index (κ2) is 7.06. The first-order valence-electron chi connectivity index (χ1n) is 7.35. The van der Waals surface area contributed by atoms with Crippen molar-refractivity contribution in [1.82, 2.24) is 15.5 Å². The zero-order chi connectivity index (χ0) is 16.1. The van der Waals surface area contributed by atoms with Gasteiger partial charge in [0.05, 0.1) is 6.42 Å². The Morgan fingerprint density at radius 1 is 1.32 bits per heavy atom. The molecule has 1 heterocycles. The number of hydrogen-bond acceptors (Lipinski definition) is 5. The molecular formula is C16H22N4O2. The predicted octanol–water partition coefficient (Wildman–Crippen LogP) is 2.25. The van der Waals surface area contributed by atoms with Gasteiger partial charge < -0.3 is 14.7 Å². The van der Waals surface area contributed by atoms with Gasteiger partial charge in [0, 0.05) is 19.8 Å². The number of benzene rings is 1. The summed E-state index contributed by atoms with van der Waals surface area (Å²) in [5.41, 5.74) is 2.08. The third-order valence-corrected chi connectivity index (χ3v) is 3.40. The smallest absolute Gasteiger partial charge is 0.249 e. The summed E-state index contributed by atoms with van der Waals surface area (Å²) in [7, 11) is 3.97. The first kappa shape index (κ1) is 16.0. The molecule has 0 aliphatic carbocycles. The largest absolute Gasteiger partial charge is 0.378 e. The third-order valence-electron chi connectivity index (χ3n) is 3.40. The molecule has 1 aromatic heterocycles. The lowest BCUT2D eigenvalue weighted by Crippen LogP contribution is -2.29. The maximum Gasteiger partial charge on any atom is 0.249 e. The Kier molecular flexibility index (Phi) is 5.14. The molecule has 22 heavy (non-hydrogen) atoms. The molecule has 6 nitrogen and oxygen atoms in total. The molecule has 0 unspecified atom stereocenters. The number of nitrogens with one attached hydrogen (secondary N) is 1. The minimum absolute atomic E-state index is 0.0553. The lowest BCUT2D eigenvalue weighted by Gasteiger charge is -2.14. The van der Waals surface area contributed by atoms with Gasteiger partial charge in [0.2, 0.25) is 11.8 Å². The van der Waals surface area contributed by atoms with Crippen LogP contribution in [0.25, 0.3) is 0 Å². The van der Waals surface area contributed by atoms with Gasteiger partial charge in [0.25, 0.3) is 0 Å². The number of hydrogen-bond donors (Lipinski definition) is 1. The molecule has 0 saturated heterocycles. The molecule has 1 N–H and O–H groups in total. The molecule has 0 bridgehead atoms. The fraction of sp³-hybridized carbons (Fsp3) is 0.438. The van der Waals surface area contributed by atoms with Crippen LogP contribution in [0.1, 0.15) is 36.7 Å². The molecule has 118 valence electrons. The van der Waals surface area contributed by atoms with Crippen LogP contribution < -0.4 is 10.2 Å². The standard InChI is InChI=1S/C16H22N4O2/c1-5-14(16-17-11(2)19-22-16)18-15(21)10-12-6-8-13(9-7-12)20(3)4/h6-9,14H,5,10H2,1-4H3,(H,18,21)/t14-/m1/s1. The number of carbonyl (C=O) groups excluding carboxylic acids is 1. The Morgan fingerprint density at radius 3 is 2.50 bits per heavy atom. The SMILES string of the molecule is CC[C@@H](NC(=O)Cc1ccc(N(C)C)cc1)c1nc(C)no1. The van der Waals surface area contributed by atoms with Gasteiger partial charge in [-0.1, -0.05) is 24.2 Å². The van der Waals surface area contributed by atoms with Crippen LogP contribution in [0.15, 0.2) is 28.8 Å². The monoisotopic (exact) mass is 302 g/mol. The number of anilines is 1. The highest BCUT2D eigenvalue weighted by Gasteiger charge is 2.18. The van der Waals surface area contributed by atoms with E-state index in [2.05, 4.69) is 15.5 Å². The van der Waals surface area contributed by atoms with Crippen LogP contribution in [0.2, 0.25) is 0 Å². The van der Waals surface area contributed by atoms with Gasteiger partial charge in [0.15, 0.2) is 5.82 Å². The highest BCUT2D eigenvalue weighted by Crippen LogP contribution is 2.16. The average molecular weight is 302 g/mol. The van der Waals surface area contributed by atoms with Crippen molar-refractivity contribution >= 4 is 11.6 Å². The Morgan fingerprint density at radius 2 is 2.00 bits per heavy atom. The van der Waals surface area contributed by atoms with Crippen molar-refractivity contribution in [1.29, 1.82) is 0 Å². The van der Waals surface area contributed by atoms with E-state index < -0.39 is 0 Å². The summed E-state index contributed by atoms with van der Waals surface area (Å²) in [6, 6.07) is 7.69. The molecule has 2 rings (SSSR count). The summed E-state index contributed by atoms with van der Waals surface area (Å²) in [5.74, 6) is 0.971. The Labute approximate surface area is 130 Å². The molecule has 2 aromatic rings. The van der Waals surface area contributed by atoms with E-state index in [0.29, 0.717) is 24.6 Å². The number of aromatic nitrogens is 2. The van der Waals surface area contributed by atoms with Gasteiger partial charge in [-0.2, -0.15) is 4.98 Å². The molecule has 0 spiro atoms. The molecule has 1 amide bonds. The third kappa shape index (κ3) is 4.07. The van der Waals surface area contributed by atoms with Crippen molar-refractivity contribution in [3.63, 3.8) is 0 Å². The van der Waals surface area contributed by atoms with Crippen molar-refractivity contribution in [3.8, 4) is 0 Å². The van der Waals surface area contributed by atoms with E-state index in [-0.39, 0.29) is 11.9 Å². The minimum atomic E-state index is -0.241. The summed E-state index contributed by atoms with van der Waals surface area (Å²) in [6.45, 7) is 3.73. The van der Waals surface area contributed by atoms with E-state index in [1.165, 1.54) is 0 Å². The fourth-order valence-electron chi connectivity index (χ4n) is 2.14. The van der Waals surface area contributed by atoms with Gasteiger partial charge >= 0.3 is 0 Å². The second-order valence-corrected chi connectivity index (χ2v) is 5.45. The topological polar surface area (TPSA) is 71.3 Å². The van der Waals surface area contributed by atoms with Gasteiger partial charge in [-0.25, -0.2) is 0 Å². The highest BCUT2D eigenvalue weighted by molar-refractivity contribution is 5.79. The molecule has 0 radical (unpaired) electrons. The summed E-state index contributed by atoms with van der Waals surface area (Å²) in [6.07, 6.45) is 1.03. The van der Waals surface area contributed by atoms with Crippen LogP contribution in [-0.4, -0.2) is 30.1 Å². The Bertz CT molecular complexity index is 619. The normalized spacial score (nSPS) is 12.0. The van der Waals surface area contributed by atoms with Crippen molar-refractivity contribution in [3.05, 3.63) is 41.5 Å². The molecule has 1 aromatic carbocycles. The molecule has 1 atom stereocenters. The molecule has 0 aliphatic rings. The zero-order valence-electron chi connectivity index (χ0n) is 13.5. The van der Waals surface area contributed by atoms with Crippen molar-refractivity contribution in [2.24, 2.45) is 0 Å². The van der Waals surface area contributed by atoms with E-state index in [0.717, 1.165) is 11.3 Å². The fourth-order valence-corrected chi connectivity index (χ4v) is 2.14. The van der Waals surface area contributed by atoms with Gasteiger partial charge in [-0.3, -0.25) is 4.79 Å². The number of carbonyl (C=O) groups is 1. The van der Waals surface area contributed by atoms with Crippen LogP contribution in [0.3, 0.4) is 0 Å². The van der Waals surface area contributed by atoms with Crippen LogP contribution in [0.5, 0.6) is 0 Å². The number of rotatable bonds is 6. The van der Waals surface area contributed by atoms with Crippen molar-refractivity contribution in [2.45, 2.75) is 32.7 Å². The van der Waals surface area contributed by atoms with Crippen LogP contribution in [0, 0.1) is 6.92 Å². The minimum Gasteiger partial charge on any atom is -0.378 e. The van der Waals surface area contributed by atoms with Crippen LogP contribution in [-0.2, 0) is 11.2 Å². The van der Waals surface area contributed by atoms with Gasteiger partial charge in [-0.05, 0) is 31.0 Å². The molecule has 0 saturated carbocycles. The van der Waals surface area contributed by atoms with E-state index in [9.17, 15) is 4.79 Å². The van der Waals surface area contributed by atoms with E-state index in [4.69, 9.17) is 4.52 Å². The maximum atomic E-state index is 12.2. The first-order valence-corrected chi connectivity index (χ1v) is 7.35. The predicted molar refractivity (Wildman–Crippen MR) is 84.7 cm³/mol. The number of amides is 1. The first-order chi connectivity index (χ1) is 10.5. The van der Waals surface area contributed by atoms with Crippen molar-refractivity contribution < 1.29 is 9.32 Å². The van der Waals surface area contributed by atoms with Gasteiger partial charge in [0.1, 0.15) is 6.04 Å². The molecule has 0 fully saturated rings. The summed E-state index contributed by atoms with van der Waals surface area (Å²) in [4.78, 5) is 18.4. The van der Waals surface area contributed by atoms with E-state index in [1.54, 1.807) is 6.92 Å². The van der Waals surface area contributed by atoms with E-state index >= 15 is 0 Å². The van der Waals surface area contributed by atoms with Gasteiger partial charge in [-0.15, -0.1) is 0 Å². The molecule has 0 aliphatic heterocycles. The zero-order valence-corrected chi connectivity index (χ0v) is 13.5. The summed E-state index contributed by atoms with van der Waals surface area (Å²) in [5, 5.41) is 6.70. The summed E-state index contributed by atoms with van der Waals surface area (Å²) < 4.78 is 5.13. The second-order valence-electron chi connectivity index (χ2n) is 5.45. The molecule has 6 heteroatoms. The average Bonchev–Trinajstić information content (AvgIpc) is 2.91. The number of nitrogens with zero attached hydrogens (tertiary/aromatic N) is 3. The lowest BCUT2D eigenvalue weighted by atomic mass is 10.1. The number of aryl methyl sites for hydroxylation is 1. The lowest BCUT2D eigenvalue weighted by molar-refractivity contribution is -0.121. The highest BCUT2D eigenvalue weighted by atomic mass is 16.5. The van der Waals surface area contributed by atoms with Crippen LogP contribution >= 0.6 is 0 Å². The maximum absolute atomic E-state index is 12.2.